The zero-order valence-corrected chi connectivity index (χ0v) is 14.3. The molecule has 7 nitrogen and oxygen atoms in total. The first kappa shape index (κ1) is 16.7. The summed E-state index contributed by atoms with van der Waals surface area (Å²) in [4.78, 5) is 20.9. The number of hydrogen-bond acceptors (Lipinski definition) is 6. The average Bonchev–Trinajstić information content (AvgIpc) is 3.19. The third kappa shape index (κ3) is 4.03. The number of likely N-dealkylation sites (tertiary alicyclic amines) is 1. The van der Waals surface area contributed by atoms with Gasteiger partial charge in [-0.1, -0.05) is 5.16 Å². The lowest BCUT2D eigenvalue weighted by Gasteiger charge is -2.23. The number of amides is 1. The van der Waals surface area contributed by atoms with Gasteiger partial charge in [-0.25, -0.2) is 0 Å². The molecular weight excluding hydrogens is 308 g/mol. The third-order valence-electron chi connectivity index (χ3n) is 4.54. The van der Waals surface area contributed by atoms with Crippen molar-refractivity contribution in [1.29, 1.82) is 0 Å². The molecule has 0 saturated carbocycles. The van der Waals surface area contributed by atoms with Gasteiger partial charge < -0.3 is 18.7 Å². The molecule has 2 aromatic heterocycles. The summed E-state index contributed by atoms with van der Waals surface area (Å²) < 4.78 is 10.4. The van der Waals surface area contributed by atoms with Gasteiger partial charge in [-0.05, 0) is 45.5 Å². The van der Waals surface area contributed by atoms with Crippen LogP contribution in [0.5, 0.6) is 0 Å². The number of aryl methyl sites for hydroxylation is 1. The quantitative estimate of drug-likeness (QED) is 0.835. The number of rotatable bonds is 5. The van der Waals surface area contributed by atoms with Crippen LogP contribution < -0.4 is 0 Å². The van der Waals surface area contributed by atoms with Crippen LogP contribution >= 0.6 is 0 Å². The van der Waals surface area contributed by atoms with E-state index in [2.05, 4.69) is 29.1 Å². The first-order chi connectivity index (χ1) is 11.6. The van der Waals surface area contributed by atoms with Crippen LogP contribution in [0.1, 0.15) is 31.6 Å². The van der Waals surface area contributed by atoms with E-state index in [9.17, 15) is 4.79 Å². The van der Waals surface area contributed by atoms with E-state index in [4.69, 9.17) is 8.94 Å². The van der Waals surface area contributed by atoms with Gasteiger partial charge in [0.05, 0.1) is 6.26 Å². The molecule has 1 atom stereocenters. The molecule has 0 aliphatic carbocycles. The Labute approximate surface area is 141 Å². The van der Waals surface area contributed by atoms with Gasteiger partial charge in [0, 0.05) is 32.0 Å². The van der Waals surface area contributed by atoms with Crippen molar-refractivity contribution in [2.75, 3.05) is 27.2 Å². The SMILES string of the molecule is CN(C)[C@H]1CCCN(C(=O)CCc2nc(-c3ccco3)no2)CC1. The van der Waals surface area contributed by atoms with Gasteiger partial charge >= 0.3 is 0 Å². The maximum Gasteiger partial charge on any atom is 0.238 e. The van der Waals surface area contributed by atoms with Crippen molar-refractivity contribution in [2.45, 2.75) is 38.1 Å². The second-order valence-electron chi connectivity index (χ2n) is 6.42. The third-order valence-corrected chi connectivity index (χ3v) is 4.54. The molecule has 7 heteroatoms. The smallest absolute Gasteiger partial charge is 0.238 e. The fourth-order valence-electron chi connectivity index (χ4n) is 3.08. The predicted octanol–water partition coefficient (Wildman–Crippen LogP) is 2.20. The molecule has 1 fully saturated rings. The first-order valence-electron chi connectivity index (χ1n) is 8.44. The molecule has 1 saturated heterocycles. The zero-order chi connectivity index (χ0) is 16.9. The highest BCUT2D eigenvalue weighted by atomic mass is 16.5. The molecule has 2 aromatic rings. The molecule has 0 radical (unpaired) electrons. The topological polar surface area (TPSA) is 75.6 Å². The van der Waals surface area contributed by atoms with E-state index >= 15 is 0 Å². The standard InChI is InChI=1S/C17H24N4O3/c1-20(2)13-5-3-10-21(11-9-13)16(22)8-7-15-18-17(19-24-15)14-6-4-12-23-14/h4,6,12-13H,3,5,7-11H2,1-2H3/t13-/m0/s1. The summed E-state index contributed by atoms with van der Waals surface area (Å²) in [5, 5.41) is 3.88. The molecule has 3 rings (SSSR count). The zero-order valence-electron chi connectivity index (χ0n) is 14.3. The highest BCUT2D eigenvalue weighted by molar-refractivity contribution is 5.76. The number of aromatic nitrogens is 2. The van der Waals surface area contributed by atoms with E-state index in [1.165, 1.54) is 0 Å². The van der Waals surface area contributed by atoms with Crippen LogP contribution in [0.3, 0.4) is 0 Å². The number of carbonyl (C=O) groups excluding carboxylic acids is 1. The van der Waals surface area contributed by atoms with Crippen LogP contribution in [0, 0.1) is 0 Å². The summed E-state index contributed by atoms with van der Waals surface area (Å²) >= 11 is 0. The minimum absolute atomic E-state index is 0.159. The van der Waals surface area contributed by atoms with Gasteiger partial charge in [0.25, 0.3) is 0 Å². The molecule has 0 bridgehead atoms. The lowest BCUT2D eigenvalue weighted by molar-refractivity contribution is -0.131. The van der Waals surface area contributed by atoms with Crippen molar-refractivity contribution in [3.8, 4) is 11.6 Å². The Kier molecular flexibility index (Phi) is 5.30. The summed E-state index contributed by atoms with van der Waals surface area (Å²) in [5.41, 5.74) is 0. The molecule has 0 aromatic carbocycles. The van der Waals surface area contributed by atoms with Crippen LogP contribution in [-0.4, -0.2) is 59.1 Å². The normalized spacial score (nSPS) is 18.8. The van der Waals surface area contributed by atoms with Crippen LogP contribution in [-0.2, 0) is 11.2 Å². The van der Waals surface area contributed by atoms with Crippen LogP contribution in [0.25, 0.3) is 11.6 Å². The van der Waals surface area contributed by atoms with E-state index in [0.717, 1.165) is 32.4 Å². The van der Waals surface area contributed by atoms with Crippen LogP contribution in [0.2, 0.25) is 0 Å². The molecular formula is C17H24N4O3. The van der Waals surface area contributed by atoms with Crippen molar-refractivity contribution in [3.63, 3.8) is 0 Å². The fraction of sp³-hybridized carbons (Fsp3) is 0.588. The van der Waals surface area contributed by atoms with E-state index < -0.39 is 0 Å². The van der Waals surface area contributed by atoms with Crippen molar-refractivity contribution in [2.24, 2.45) is 0 Å². The van der Waals surface area contributed by atoms with E-state index in [-0.39, 0.29) is 5.91 Å². The maximum absolute atomic E-state index is 12.4. The van der Waals surface area contributed by atoms with E-state index in [1.807, 2.05) is 4.90 Å². The van der Waals surface area contributed by atoms with Gasteiger partial charge in [-0.15, -0.1) is 0 Å². The van der Waals surface area contributed by atoms with Crippen molar-refractivity contribution >= 4 is 5.91 Å². The molecule has 0 spiro atoms. The summed E-state index contributed by atoms with van der Waals surface area (Å²) in [7, 11) is 4.21. The Morgan fingerprint density at radius 1 is 1.38 bits per heavy atom. The van der Waals surface area contributed by atoms with Gasteiger partial charge in [-0.3, -0.25) is 4.79 Å². The van der Waals surface area contributed by atoms with Gasteiger partial charge in [0.15, 0.2) is 5.76 Å². The molecule has 1 amide bonds. The van der Waals surface area contributed by atoms with Gasteiger partial charge in [0.2, 0.25) is 17.6 Å². The highest BCUT2D eigenvalue weighted by Gasteiger charge is 2.22. The summed E-state index contributed by atoms with van der Waals surface area (Å²) in [6, 6.07) is 4.11. The number of carbonyl (C=O) groups is 1. The molecule has 0 N–H and O–H groups in total. The summed E-state index contributed by atoms with van der Waals surface area (Å²) in [5.74, 6) is 1.62. The lowest BCUT2D eigenvalue weighted by Crippen LogP contribution is -2.33. The van der Waals surface area contributed by atoms with Gasteiger partial charge in [0.1, 0.15) is 0 Å². The molecule has 0 unspecified atom stereocenters. The number of hydrogen-bond donors (Lipinski definition) is 0. The molecule has 3 heterocycles. The molecule has 1 aliphatic heterocycles. The number of nitrogens with zero attached hydrogens (tertiary/aromatic N) is 4. The van der Waals surface area contributed by atoms with Gasteiger partial charge in [-0.2, -0.15) is 4.98 Å². The predicted molar refractivity (Wildman–Crippen MR) is 88.2 cm³/mol. The fourth-order valence-corrected chi connectivity index (χ4v) is 3.08. The van der Waals surface area contributed by atoms with E-state index in [0.29, 0.717) is 36.4 Å². The largest absolute Gasteiger partial charge is 0.461 e. The molecule has 1 aliphatic rings. The van der Waals surface area contributed by atoms with E-state index in [1.54, 1.807) is 18.4 Å². The van der Waals surface area contributed by atoms with Crippen molar-refractivity contribution in [1.82, 2.24) is 19.9 Å². The van der Waals surface area contributed by atoms with Crippen molar-refractivity contribution < 1.29 is 13.7 Å². The van der Waals surface area contributed by atoms with Crippen LogP contribution in [0.15, 0.2) is 27.3 Å². The maximum atomic E-state index is 12.4. The second-order valence-corrected chi connectivity index (χ2v) is 6.42. The Hall–Kier alpha value is -2.15. The molecule has 130 valence electrons. The van der Waals surface area contributed by atoms with Crippen molar-refractivity contribution in [3.05, 3.63) is 24.3 Å². The average molecular weight is 332 g/mol. The number of furan rings is 1. The minimum atomic E-state index is 0.159. The Morgan fingerprint density at radius 2 is 2.25 bits per heavy atom. The Bertz CT molecular complexity index is 651. The van der Waals surface area contributed by atoms with Crippen LogP contribution in [0.4, 0.5) is 0 Å². The monoisotopic (exact) mass is 332 g/mol. The Morgan fingerprint density at radius 3 is 3.00 bits per heavy atom. The molecule has 24 heavy (non-hydrogen) atoms. The minimum Gasteiger partial charge on any atom is -0.461 e. The second kappa shape index (κ2) is 7.61. The summed E-state index contributed by atoms with van der Waals surface area (Å²) in [6.07, 6.45) is 5.65. The Balaban J connectivity index is 1.50. The lowest BCUT2D eigenvalue weighted by atomic mass is 10.1. The highest BCUT2D eigenvalue weighted by Crippen LogP contribution is 2.18. The first-order valence-corrected chi connectivity index (χ1v) is 8.44. The summed E-state index contributed by atoms with van der Waals surface area (Å²) in [6.45, 7) is 1.66.